The zero-order chi connectivity index (χ0) is 14.2. The minimum atomic E-state index is 0.0617. The van der Waals surface area contributed by atoms with E-state index in [1.165, 1.54) is 15.3 Å². The fourth-order valence-corrected chi connectivity index (χ4v) is 2.84. The molecule has 0 aliphatic heterocycles. The molecule has 0 atom stereocenters. The predicted octanol–water partition coefficient (Wildman–Crippen LogP) is 3.03. The first kappa shape index (κ1) is 14.8. The van der Waals surface area contributed by atoms with E-state index in [-0.39, 0.29) is 5.91 Å². The van der Waals surface area contributed by atoms with Crippen molar-refractivity contribution in [1.82, 2.24) is 10.6 Å². The number of nitrogens with one attached hydrogen (secondary N) is 2. The van der Waals surface area contributed by atoms with E-state index in [0.29, 0.717) is 6.54 Å². The standard InChI is InChI=1S/C16H20N2OS/c1-2-10-18-16(19)12-17-11-14-8-9-15(20-14)13-6-4-3-5-7-13/h3-9,17H,2,10-12H2,1H3,(H,18,19). The van der Waals surface area contributed by atoms with E-state index in [4.69, 9.17) is 0 Å². The third-order valence-electron chi connectivity index (χ3n) is 2.88. The third-order valence-corrected chi connectivity index (χ3v) is 4.01. The maximum Gasteiger partial charge on any atom is 0.233 e. The first-order valence-electron chi connectivity index (χ1n) is 6.91. The minimum Gasteiger partial charge on any atom is -0.355 e. The van der Waals surface area contributed by atoms with Gasteiger partial charge in [0, 0.05) is 22.8 Å². The molecule has 2 N–H and O–H groups in total. The molecule has 2 aromatic rings. The van der Waals surface area contributed by atoms with Crippen LogP contribution in [-0.2, 0) is 11.3 Å². The number of hydrogen-bond acceptors (Lipinski definition) is 3. The molecule has 0 saturated carbocycles. The van der Waals surface area contributed by atoms with Crippen LogP contribution in [0.5, 0.6) is 0 Å². The summed E-state index contributed by atoms with van der Waals surface area (Å²) in [7, 11) is 0. The molecule has 0 unspecified atom stereocenters. The number of carbonyl (C=O) groups is 1. The van der Waals surface area contributed by atoms with E-state index in [1.54, 1.807) is 11.3 Å². The average molecular weight is 288 g/mol. The predicted molar refractivity (Wildman–Crippen MR) is 84.8 cm³/mol. The van der Waals surface area contributed by atoms with Crippen LogP contribution in [0.1, 0.15) is 18.2 Å². The molecule has 3 nitrogen and oxygen atoms in total. The van der Waals surface area contributed by atoms with Crippen molar-refractivity contribution in [3.8, 4) is 10.4 Å². The van der Waals surface area contributed by atoms with E-state index < -0.39 is 0 Å². The molecule has 1 amide bonds. The molecule has 0 aliphatic rings. The maximum absolute atomic E-state index is 11.4. The Kier molecular flexibility index (Phi) is 5.77. The fraction of sp³-hybridized carbons (Fsp3) is 0.312. The van der Waals surface area contributed by atoms with Gasteiger partial charge in [-0.05, 0) is 24.1 Å². The van der Waals surface area contributed by atoms with Gasteiger partial charge >= 0.3 is 0 Å². The normalized spacial score (nSPS) is 10.4. The second kappa shape index (κ2) is 7.82. The first-order valence-corrected chi connectivity index (χ1v) is 7.73. The van der Waals surface area contributed by atoms with Gasteiger partial charge in [0.1, 0.15) is 0 Å². The highest BCUT2D eigenvalue weighted by atomic mass is 32.1. The van der Waals surface area contributed by atoms with Gasteiger partial charge in [-0.15, -0.1) is 11.3 Å². The lowest BCUT2D eigenvalue weighted by Crippen LogP contribution is -2.33. The summed E-state index contributed by atoms with van der Waals surface area (Å²) in [6, 6.07) is 14.6. The number of rotatable bonds is 7. The molecule has 2 rings (SSSR count). The maximum atomic E-state index is 11.4. The van der Waals surface area contributed by atoms with E-state index in [2.05, 4.69) is 34.9 Å². The second-order valence-electron chi connectivity index (χ2n) is 4.59. The number of benzene rings is 1. The van der Waals surface area contributed by atoms with Gasteiger partial charge in [0.05, 0.1) is 6.54 Å². The molecule has 0 fully saturated rings. The van der Waals surface area contributed by atoms with E-state index in [9.17, 15) is 4.79 Å². The highest BCUT2D eigenvalue weighted by Crippen LogP contribution is 2.27. The van der Waals surface area contributed by atoms with Crippen LogP contribution in [0.4, 0.5) is 0 Å². The third kappa shape index (κ3) is 4.47. The first-order chi connectivity index (χ1) is 9.79. The van der Waals surface area contributed by atoms with Crippen molar-refractivity contribution in [2.45, 2.75) is 19.9 Å². The van der Waals surface area contributed by atoms with E-state index in [0.717, 1.165) is 19.5 Å². The summed E-state index contributed by atoms with van der Waals surface area (Å²) < 4.78 is 0. The highest BCUT2D eigenvalue weighted by molar-refractivity contribution is 7.15. The van der Waals surface area contributed by atoms with Crippen molar-refractivity contribution < 1.29 is 4.79 Å². The van der Waals surface area contributed by atoms with Crippen molar-refractivity contribution in [3.05, 3.63) is 47.3 Å². The summed E-state index contributed by atoms with van der Waals surface area (Å²) in [5.41, 5.74) is 1.24. The quantitative estimate of drug-likeness (QED) is 0.822. The molecule has 0 radical (unpaired) electrons. The molecule has 0 aliphatic carbocycles. The van der Waals surface area contributed by atoms with Gasteiger partial charge in [0.25, 0.3) is 0 Å². The molecule has 1 aromatic heterocycles. The molecule has 106 valence electrons. The highest BCUT2D eigenvalue weighted by Gasteiger charge is 2.03. The SMILES string of the molecule is CCCNC(=O)CNCc1ccc(-c2ccccc2)s1. The number of thiophene rings is 1. The zero-order valence-electron chi connectivity index (χ0n) is 11.7. The summed E-state index contributed by atoms with van der Waals surface area (Å²) in [4.78, 5) is 14.0. The Labute approximate surface area is 124 Å². The smallest absolute Gasteiger partial charge is 0.233 e. The van der Waals surface area contributed by atoms with Crippen LogP contribution in [0.3, 0.4) is 0 Å². The fourth-order valence-electron chi connectivity index (χ4n) is 1.86. The van der Waals surface area contributed by atoms with Crippen molar-refractivity contribution >= 4 is 17.2 Å². The van der Waals surface area contributed by atoms with Crippen LogP contribution in [-0.4, -0.2) is 19.0 Å². The summed E-state index contributed by atoms with van der Waals surface area (Å²) in [5.74, 6) is 0.0617. The molecule has 0 bridgehead atoms. The van der Waals surface area contributed by atoms with Gasteiger partial charge in [-0.2, -0.15) is 0 Å². The monoisotopic (exact) mass is 288 g/mol. The summed E-state index contributed by atoms with van der Waals surface area (Å²) in [5, 5.41) is 6.03. The summed E-state index contributed by atoms with van der Waals surface area (Å²) in [6.07, 6.45) is 0.969. The lowest BCUT2D eigenvalue weighted by molar-refractivity contribution is -0.120. The molecule has 20 heavy (non-hydrogen) atoms. The lowest BCUT2D eigenvalue weighted by atomic mass is 10.2. The topological polar surface area (TPSA) is 41.1 Å². The summed E-state index contributed by atoms with van der Waals surface area (Å²) in [6.45, 7) is 3.90. The Hall–Kier alpha value is -1.65. The van der Waals surface area contributed by atoms with Gasteiger partial charge in [0.15, 0.2) is 0 Å². The zero-order valence-corrected chi connectivity index (χ0v) is 12.5. The van der Waals surface area contributed by atoms with E-state index >= 15 is 0 Å². The second-order valence-corrected chi connectivity index (χ2v) is 5.75. The van der Waals surface area contributed by atoms with Gasteiger partial charge in [-0.3, -0.25) is 4.79 Å². The van der Waals surface area contributed by atoms with Crippen LogP contribution in [0, 0.1) is 0 Å². The van der Waals surface area contributed by atoms with Crippen LogP contribution >= 0.6 is 11.3 Å². The number of hydrogen-bond donors (Lipinski definition) is 2. The van der Waals surface area contributed by atoms with Crippen LogP contribution < -0.4 is 10.6 Å². The van der Waals surface area contributed by atoms with Gasteiger partial charge in [-0.1, -0.05) is 37.3 Å². The Morgan fingerprint density at radius 3 is 2.70 bits per heavy atom. The molecular weight excluding hydrogens is 268 g/mol. The minimum absolute atomic E-state index is 0.0617. The Balaban J connectivity index is 1.80. The Morgan fingerprint density at radius 1 is 1.15 bits per heavy atom. The van der Waals surface area contributed by atoms with Crippen molar-refractivity contribution in [3.63, 3.8) is 0 Å². The van der Waals surface area contributed by atoms with Gasteiger partial charge < -0.3 is 10.6 Å². The van der Waals surface area contributed by atoms with Crippen LogP contribution in [0.25, 0.3) is 10.4 Å². The Morgan fingerprint density at radius 2 is 1.95 bits per heavy atom. The molecule has 4 heteroatoms. The Bertz CT molecular complexity index is 536. The lowest BCUT2D eigenvalue weighted by Gasteiger charge is -2.04. The molecule has 0 spiro atoms. The van der Waals surface area contributed by atoms with Crippen molar-refractivity contribution in [2.24, 2.45) is 0 Å². The molecular formula is C16H20N2OS. The average Bonchev–Trinajstić information content (AvgIpc) is 2.95. The van der Waals surface area contributed by atoms with Gasteiger partial charge in [0.2, 0.25) is 5.91 Å². The molecule has 1 aromatic carbocycles. The number of amides is 1. The summed E-state index contributed by atoms with van der Waals surface area (Å²) >= 11 is 1.76. The van der Waals surface area contributed by atoms with Crippen LogP contribution in [0.15, 0.2) is 42.5 Å². The molecule has 1 heterocycles. The van der Waals surface area contributed by atoms with Crippen LogP contribution in [0.2, 0.25) is 0 Å². The van der Waals surface area contributed by atoms with Crippen molar-refractivity contribution in [1.29, 1.82) is 0 Å². The van der Waals surface area contributed by atoms with Gasteiger partial charge in [-0.25, -0.2) is 0 Å². The van der Waals surface area contributed by atoms with Crippen molar-refractivity contribution in [2.75, 3.05) is 13.1 Å². The largest absolute Gasteiger partial charge is 0.355 e. The number of carbonyl (C=O) groups excluding carboxylic acids is 1. The van der Waals surface area contributed by atoms with E-state index in [1.807, 2.05) is 25.1 Å². The molecule has 0 saturated heterocycles.